The van der Waals surface area contributed by atoms with Crippen molar-refractivity contribution in [3.05, 3.63) is 24.8 Å². The maximum atomic E-state index is 11.4. The van der Waals surface area contributed by atoms with Gasteiger partial charge >= 0.3 is 5.97 Å². The summed E-state index contributed by atoms with van der Waals surface area (Å²) < 4.78 is 10.8. The van der Waals surface area contributed by atoms with E-state index >= 15 is 0 Å². The zero-order valence-electron chi connectivity index (χ0n) is 9.58. The minimum Gasteiger partial charge on any atom is -0.455 e. The monoisotopic (exact) mass is 210 g/mol. The van der Waals surface area contributed by atoms with E-state index in [1.807, 2.05) is 20.8 Å². The molecule has 0 bridgehead atoms. The number of ether oxygens (including phenoxy) is 2. The van der Waals surface area contributed by atoms with E-state index in [9.17, 15) is 4.79 Å². The lowest BCUT2D eigenvalue weighted by molar-refractivity contribution is -0.145. The van der Waals surface area contributed by atoms with E-state index in [2.05, 4.69) is 13.2 Å². The maximum Gasteiger partial charge on any atom is 0.336 e. The van der Waals surface area contributed by atoms with Gasteiger partial charge in [0.1, 0.15) is 12.2 Å². The summed E-state index contributed by atoms with van der Waals surface area (Å²) in [5.41, 5.74) is 0.248. The summed E-state index contributed by atoms with van der Waals surface area (Å²) in [7, 11) is 0. The Bertz CT molecular complexity index is 286. The first-order valence-corrected chi connectivity index (χ1v) is 5.00. The van der Waals surface area contributed by atoms with Crippen molar-refractivity contribution in [1.29, 1.82) is 0 Å². The third kappa shape index (κ3) is 2.48. The molecular formula is C12H18O3. The number of carbonyl (C=O) groups is 1. The van der Waals surface area contributed by atoms with Crippen LogP contribution in [0.3, 0.4) is 0 Å². The van der Waals surface area contributed by atoms with E-state index < -0.39 is 0 Å². The molecule has 1 saturated heterocycles. The molecule has 3 nitrogen and oxygen atoms in total. The topological polar surface area (TPSA) is 35.5 Å². The van der Waals surface area contributed by atoms with Gasteiger partial charge in [0.2, 0.25) is 0 Å². The first-order chi connectivity index (χ1) is 6.88. The largest absolute Gasteiger partial charge is 0.455 e. The number of hydrogen-bond acceptors (Lipinski definition) is 3. The van der Waals surface area contributed by atoms with Crippen LogP contribution in [0, 0.1) is 5.41 Å². The first-order valence-electron chi connectivity index (χ1n) is 5.00. The summed E-state index contributed by atoms with van der Waals surface area (Å²) in [5, 5.41) is 0. The molecule has 15 heavy (non-hydrogen) atoms. The van der Waals surface area contributed by atoms with E-state index in [1.165, 1.54) is 0 Å². The minimum absolute atomic E-state index is 0.152. The molecule has 0 N–H and O–H groups in total. The van der Waals surface area contributed by atoms with Crippen LogP contribution < -0.4 is 0 Å². The highest BCUT2D eigenvalue weighted by Crippen LogP contribution is 2.35. The third-order valence-corrected chi connectivity index (χ3v) is 2.36. The molecule has 0 spiro atoms. The van der Waals surface area contributed by atoms with Gasteiger partial charge in [0.25, 0.3) is 0 Å². The quantitative estimate of drug-likeness (QED) is 0.406. The molecule has 1 rings (SSSR count). The zero-order valence-corrected chi connectivity index (χ0v) is 9.58. The lowest BCUT2D eigenvalue weighted by Crippen LogP contribution is -2.37. The normalized spacial score (nSPS) is 26.6. The SMILES string of the molecule is C=CCOC1C(=C)C(=O)O[C@H]1C(C)(C)C. The summed E-state index contributed by atoms with van der Waals surface area (Å²) >= 11 is 0. The fraction of sp³-hybridized carbons (Fsp3) is 0.583. The fourth-order valence-electron chi connectivity index (χ4n) is 1.54. The van der Waals surface area contributed by atoms with Gasteiger partial charge in [0, 0.05) is 5.41 Å². The van der Waals surface area contributed by atoms with Gasteiger partial charge in [-0.3, -0.25) is 0 Å². The van der Waals surface area contributed by atoms with E-state index in [0.717, 1.165) is 0 Å². The van der Waals surface area contributed by atoms with Crippen molar-refractivity contribution in [3.63, 3.8) is 0 Å². The van der Waals surface area contributed by atoms with Gasteiger partial charge in [-0.05, 0) is 0 Å². The van der Waals surface area contributed by atoms with E-state index in [4.69, 9.17) is 9.47 Å². The molecular weight excluding hydrogens is 192 g/mol. The van der Waals surface area contributed by atoms with Crippen molar-refractivity contribution in [1.82, 2.24) is 0 Å². The van der Waals surface area contributed by atoms with Crippen molar-refractivity contribution in [3.8, 4) is 0 Å². The predicted octanol–water partition coefficient (Wildman–Crippen LogP) is 2.09. The Kier molecular flexibility index (Phi) is 3.35. The first kappa shape index (κ1) is 12.0. The Morgan fingerprint density at radius 3 is 2.60 bits per heavy atom. The molecule has 1 heterocycles. The lowest BCUT2D eigenvalue weighted by Gasteiger charge is -2.29. The molecule has 1 unspecified atom stereocenters. The molecule has 0 aromatic heterocycles. The van der Waals surface area contributed by atoms with Gasteiger partial charge < -0.3 is 9.47 Å². The van der Waals surface area contributed by atoms with Crippen LogP contribution in [0.4, 0.5) is 0 Å². The molecule has 84 valence electrons. The second kappa shape index (κ2) is 4.19. The molecule has 1 fully saturated rings. The Morgan fingerprint density at radius 2 is 2.13 bits per heavy atom. The molecule has 0 aliphatic carbocycles. The second-order valence-corrected chi connectivity index (χ2v) is 4.76. The highest BCUT2D eigenvalue weighted by atomic mass is 16.6. The van der Waals surface area contributed by atoms with Crippen molar-refractivity contribution in [2.45, 2.75) is 33.0 Å². The van der Waals surface area contributed by atoms with Crippen molar-refractivity contribution in [2.24, 2.45) is 5.41 Å². The number of esters is 1. The van der Waals surface area contributed by atoms with E-state index in [-0.39, 0.29) is 23.6 Å². The average Bonchev–Trinajstić information content (AvgIpc) is 2.40. The summed E-state index contributed by atoms with van der Waals surface area (Å²) in [6.45, 7) is 13.7. The standard InChI is InChI=1S/C12H18O3/c1-6-7-14-9-8(2)11(13)15-10(9)12(3,4)5/h6,9-10H,1-2,7H2,3-5H3/t9?,10-/m1/s1. The van der Waals surface area contributed by atoms with Crippen molar-refractivity contribution >= 4 is 5.97 Å². The zero-order chi connectivity index (χ0) is 11.6. The lowest BCUT2D eigenvalue weighted by atomic mass is 9.85. The van der Waals surface area contributed by atoms with Crippen LogP contribution in [0.2, 0.25) is 0 Å². The van der Waals surface area contributed by atoms with Crippen LogP contribution in [-0.2, 0) is 14.3 Å². The summed E-state index contributed by atoms with van der Waals surface area (Å²) in [4.78, 5) is 11.4. The molecule has 2 atom stereocenters. The fourth-order valence-corrected chi connectivity index (χ4v) is 1.54. The molecule has 3 heteroatoms. The van der Waals surface area contributed by atoms with Gasteiger partial charge in [-0.1, -0.05) is 33.4 Å². The molecule has 0 amide bonds. The molecule has 0 saturated carbocycles. The number of cyclic esters (lactones) is 1. The number of hydrogen-bond donors (Lipinski definition) is 0. The van der Waals surface area contributed by atoms with Crippen LogP contribution in [0.5, 0.6) is 0 Å². The predicted molar refractivity (Wildman–Crippen MR) is 58.4 cm³/mol. The van der Waals surface area contributed by atoms with Gasteiger partial charge in [0.15, 0.2) is 0 Å². The van der Waals surface area contributed by atoms with Crippen LogP contribution in [0.25, 0.3) is 0 Å². The van der Waals surface area contributed by atoms with Crippen molar-refractivity contribution in [2.75, 3.05) is 6.61 Å². The van der Waals surface area contributed by atoms with Gasteiger partial charge in [-0.25, -0.2) is 4.79 Å². The molecule has 0 aromatic carbocycles. The van der Waals surface area contributed by atoms with Crippen molar-refractivity contribution < 1.29 is 14.3 Å². The summed E-state index contributed by atoms with van der Waals surface area (Å²) in [6, 6.07) is 0. The van der Waals surface area contributed by atoms with Crippen LogP contribution in [0.15, 0.2) is 24.8 Å². The maximum absolute atomic E-state index is 11.4. The van der Waals surface area contributed by atoms with E-state index in [1.54, 1.807) is 6.08 Å². The highest BCUT2D eigenvalue weighted by Gasteiger charge is 2.45. The average molecular weight is 210 g/mol. The Hall–Kier alpha value is -1.09. The van der Waals surface area contributed by atoms with Crippen LogP contribution >= 0.6 is 0 Å². The highest BCUT2D eigenvalue weighted by molar-refractivity contribution is 5.91. The van der Waals surface area contributed by atoms with Gasteiger partial charge in [-0.15, -0.1) is 6.58 Å². The van der Waals surface area contributed by atoms with Crippen LogP contribution in [0.1, 0.15) is 20.8 Å². The van der Waals surface area contributed by atoms with Crippen LogP contribution in [-0.4, -0.2) is 24.8 Å². The Balaban J connectivity index is 2.82. The van der Waals surface area contributed by atoms with Gasteiger partial charge in [-0.2, -0.15) is 0 Å². The number of rotatable bonds is 3. The molecule has 0 aromatic rings. The van der Waals surface area contributed by atoms with E-state index in [0.29, 0.717) is 12.2 Å². The molecule has 0 radical (unpaired) electrons. The minimum atomic E-state index is -0.357. The summed E-state index contributed by atoms with van der Waals surface area (Å²) in [6.07, 6.45) is 1.03. The smallest absolute Gasteiger partial charge is 0.336 e. The Morgan fingerprint density at radius 1 is 1.53 bits per heavy atom. The second-order valence-electron chi connectivity index (χ2n) is 4.76. The third-order valence-electron chi connectivity index (χ3n) is 2.36. The van der Waals surface area contributed by atoms with Gasteiger partial charge in [0.05, 0.1) is 12.2 Å². The Labute approximate surface area is 90.8 Å². The molecule has 1 aliphatic rings. The number of carbonyl (C=O) groups excluding carboxylic acids is 1. The summed E-state index contributed by atoms with van der Waals surface area (Å²) in [5.74, 6) is -0.357. The molecule has 1 aliphatic heterocycles.